The third kappa shape index (κ3) is 5.34. The Labute approximate surface area is 145 Å². The molecular weight excluding hydrogens is 302 g/mol. The maximum atomic E-state index is 13.0. The Morgan fingerprint density at radius 1 is 1.17 bits per heavy atom. The molecular formula is C19H29N3O2. The molecule has 1 heterocycles. The maximum absolute atomic E-state index is 13.0. The van der Waals surface area contributed by atoms with Gasteiger partial charge < -0.3 is 15.1 Å². The zero-order valence-electron chi connectivity index (χ0n) is 14.8. The van der Waals surface area contributed by atoms with Crippen LogP contribution < -0.4 is 5.32 Å². The summed E-state index contributed by atoms with van der Waals surface area (Å²) >= 11 is 0. The van der Waals surface area contributed by atoms with Crippen molar-refractivity contribution in [2.75, 3.05) is 32.7 Å². The molecule has 2 rings (SSSR count). The van der Waals surface area contributed by atoms with Gasteiger partial charge in [-0.25, -0.2) is 0 Å². The quantitative estimate of drug-likeness (QED) is 0.791. The van der Waals surface area contributed by atoms with Crippen LogP contribution in [0.4, 0.5) is 0 Å². The highest BCUT2D eigenvalue weighted by Crippen LogP contribution is 2.16. The van der Waals surface area contributed by atoms with E-state index in [1.54, 1.807) is 0 Å². The van der Waals surface area contributed by atoms with Crippen molar-refractivity contribution >= 4 is 11.8 Å². The molecule has 1 fully saturated rings. The third-order valence-electron chi connectivity index (χ3n) is 4.72. The van der Waals surface area contributed by atoms with E-state index in [1.807, 2.05) is 23.1 Å². The topological polar surface area (TPSA) is 52.7 Å². The molecule has 5 heteroatoms. The zero-order valence-corrected chi connectivity index (χ0v) is 14.8. The number of benzene rings is 1. The number of carbonyl (C=O) groups excluding carboxylic acids is 2. The second-order valence-corrected chi connectivity index (χ2v) is 6.31. The Morgan fingerprint density at radius 3 is 2.46 bits per heavy atom. The molecule has 0 saturated carbocycles. The fraction of sp³-hybridized carbons (Fsp3) is 0.579. The van der Waals surface area contributed by atoms with Gasteiger partial charge in [0.1, 0.15) is 0 Å². The molecule has 0 radical (unpaired) electrons. The molecule has 1 aliphatic heterocycles. The summed E-state index contributed by atoms with van der Waals surface area (Å²) in [5.41, 5.74) is 1.14. The van der Waals surface area contributed by atoms with Crippen molar-refractivity contribution in [3.63, 3.8) is 0 Å². The van der Waals surface area contributed by atoms with E-state index in [4.69, 9.17) is 0 Å². The molecule has 132 valence electrons. The summed E-state index contributed by atoms with van der Waals surface area (Å²) in [6.45, 7) is 8.96. The lowest BCUT2D eigenvalue weighted by molar-refractivity contribution is -0.138. The molecule has 5 nitrogen and oxygen atoms in total. The van der Waals surface area contributed by atoms with Gasteiger partial charge in [0.15, 0.2) is 0 Å². The molecule has 1 aliphatic rings. The SMILES string of the molecule is CCN(CC)CCN(Cc1ccccc1)C(=O)[C@H]1CCC(=O)NC1. The number of rotatable bonds is 8. The molecule has 2 amide bonds. The van der Waals surface area contributed by atoms with E-state index >= 15 is 0 Å². The predicted octanol–water partition coefficient (Wildman–Crippen LogP) is 1.88. The van der Waals surface area contributed by atoms with Gasteiger partial charge in [-0.15, -0.1) is 0 Å². The number of carbonyl (C=O) groups is 2. The molecule has 0 aliphatic carbocycles. The molecule has 0 unspecified atom stereocenters. The molecule has 24 heavy (non-hydrogen) atoms. The highest BCUT2D eigenvalue weighted by atomic mass is 16.2. The van der Waals surface area contributed by atoms with Gasteiger partial charge in [-0.2, -0.15) is 0 Å². The first kappa shape index (κ1) is 18.5. The summed E-state index contributed by atoms with van der Waals surface area (Å²) < 4.78 is 0. The van der Waals surface area contributed by atoms with Crippen molar-refractivity contribution in [3.8, 4) is 0 Å². The van der Waals surface area contributed by atoms with E-state index in [-0.39, 0.29) is 17.7 Å². The molecule has 1 N–H and O–H groups in total. The number of amides is 2. The lowest BCUT2D eigenvalue weighted by Crippen LogP contribution is -2.46. The van der Waals surface area contributed by atoms with Gasteiger partial charge in [0.2, 0.25) is 11.8 Å². The minimum Gasteiger partial charge on any atom is -0.355 e. The highest BCUT2D eigenvalue weighted by Gasteiger charge is 2.28. The van der Waals surface area contributed by atoms with Crippen LogP contribution in [0.1, 0.15) is 32.3 Å². The monoisotopic (exact) mass is 331 g/mol. The smallest absolute Gasteiger partial charge is 0.227 e. The molecule has 1 saturated heterocycles. The summed E-state index contributed by atoms with van der Waals surface area (Å²) in [6.07, 6.45) is 1.10. The average molecular weight is 331 g/mol. The van der Waals surface area contributed by atoms with E-state index in [0.29, 0.717) is 25.9 Å². The van der Waals surface area contributed by atoms with E-state index < -0.39 is 0 Å². The van der Waals surface area contributed by atoms with Crippen LogP contribution in [0.2, 0.25) is 0 Å². The van der Waals surface area contributed by atoms with Crippen molar-refractivity contribution in [3.05, 3.63) is 35.9 Å². The minimum absolute atomic E-state index is 0.0526. The van der Waals surface area contributed by atoms with Crippen molar-refractivity contribution < 1.29 is 9.59 Å². The summed E-state index contributed by atoms with van der Waals surface area (Å²) in [7, 11) is 0. The Balaban J connectivity index is 2.03. The van der Waals surface area contributed by atoms with Crippen LogP contribution in [-0.2, 0) is 16.1 Å². The van der Waals surface area contributed by atoms with Crippen LogP contribution in [-0.4, -0.2) is 54.3 Å². The van der Waals surface area contributed by atoms with Gasteiger partial charge in [-0.3, -0.25) is 9.59 Å². The first-order valence-corrected chi connectivity index (χ1v) is 8.95. The van der Waals surface area contributed by atoms with Crippen molar-refractivity contribution in [1.82, 2.24) is 15.1 Å². The number of likely N-dealkylation sites (N-methyl/N-ethyl adjacent to an activating group) is 1. The lowest BCUT2D eigenvalue weighted by Gasteiger charge is -2.31. The first-order valence-electron chi connectivity index (χ1n) is 8.95. The highest BCUT2D eigenvalue weighted by molar-refractivity contribution is 5.83. The Kier molecular flexibility index (Phi) is 7.25. The van der Waals surface area contributed by atoms with E-state index in [1.165, 1.54) is 0 Å². The van der Waals surface area contributed by atoms with E-state index in [2.05, 4.69) is 36.2 Å². The number of piperidine rings is 1. The second-order valence-electron chi connectivity index (χ2n) is 6.31. The zero-order chi connectivity index (χ0) is 17.4. The van der Waals surface area contributed by atoms with E-state index in [0.717, 1.165) is 31.7 Å². The largest absolute Gasteiger partial charge is 0.355 e. The third-order valence-corrected chi connectivity index (χ3v) is 4.72. The van der Waals surface area contributed by atoms with Crippen molar-refractivity contribution in [1.29, 1.82) is 0 Å². The summed E-state index contributed by atoms with van der Waals surface area (Å²) in [5.74, 6) is 0.117. The summed E-state index contributed by atoms with van der Waals surface area (Å²) in [4.78, 5) is 28.6. The summed E-state index contributed by atoms with van der Waals surface area (Å²) in [6, 6.07) is 10.1. The Morgan fingerprint density at radius 2 is 1.88 bits per heavy atom. The van der Waals surface area contributed by atoms with Crippen molar-refractivity contribution in [2.45, 2.75) is 33.2 Å². The van der Waals surface area contributed by atoms with Gasteiger partial charge in [0, 0.05) is 32.6 Å². The molecule has 1 aromatic carbocycles. The van der Waals surface area contributed by atoms with Crippen LogP contribution in [0.25, 0.3) is 0 Å². The Bertz CT molecular complexity index is 519. The van der Waals surface area contributed by atoms with Crippen LogP contribution in [0.3, 0.4) is 0 Å². The fourth-order valence-corrected chi connectivity index (χ4v) is 3.07. The van der Waals surface area contributed by atoms with Crippen LogP contribution in [0, 0.1) is 5.92 Å². The van der Waals surface area contributed by atoms with Gasteiger partial charge in [0.25, 0.3) is 0 Å². The summed E-state index contributed by atoms with van der Waals surface area (Å²) in [5, 5.41) is 2.82. The standard InChI is InChI=1S/C19H29N3O2/c1-3-21(4-2)12-13-22(15-16-8-6-5-7-9-16)19(24)17-10-11-18(23)20-14-17/h5-9,17H,3-4,10-15H2,1-2H3,(H,20,23)/t17-/m0/s1. The van der Waals surface area contributed by atoms with Gasteiger partial charge in [-0.05, 0) is 25.1 Å². The molecule has 1 atom stereocenters. The predicted molar refractivity (Wildman–Crippen MR) is 95.4 cm³/mol. The van der Waals surface area contributed by atoms with Gasteiger partial charge in [-0.1, -0.05) is 44.2 Å². The van der Waals surface area contributed by atoms with Gasteiger partial charge >= 0.3 is 0 Å². The minimum atomic E-state index is -0.0943. The maximum Gasteiger partial charge on any atom is 0.227 e. The van der Waals surface area contributed by atoms with Crippen LogP contribution in [0.5, 0.6) is 0 Å². The Hall–Kier alpha value is -1.88. The van der Waals surface area contributed by atoms with Crippen LogP contribution in [0.15, 0.2) is 30.3 Å². The van der Waals surface area contributed by atoms with Crippen molar-refractivity contribution in [2.24, 2.45) is 5.92 Å². The number of hydrogen-bond acceptors (Lipinski definition) is 3. The fourth-order valence-electron chi connectivity index (χ4n) is 3.07. The molecule has 0 aromatic heterocycles. The first-order chi connectivity index (χ1) is 11.6. The molecule has 0 bridgehead atoms. The lowest BCUT2D eigenvalue weighted by atomic mass is 9.97. The second kappa shape index (κ2) is 9.42. The molecule has 0 spiro atoms. The van der Waals surface area contributed by atoms with Crippen LogP contribution >= 0.6 is 0 Å². The average Bonchev–Trinajstić information content (AvgIpc) is 2.62. The van der Waals surface area contributed by atoms with Gasteiger partial charge in [0.05, 0.1) is 5.92 Å². The molecule has 1 aromatic rings. The number of hydrogen-bond donors (Lipinski definition) is 1. The van der Waals surface area contributed by atoms with E-state index in [9.17, 15) is 9.59 Å². The number of nitrogens with one attached hydrogen (secondary N) is 1. The normalized spacial score (nSPS) is 17.6. The number of nitrogens with zero attached hydrogens (tertiary/aromatic N) is 2.